The molecule has 2 heterocycles. The second-order valence-corrected chi connectivity index (χ2v) is 6.91. The molecule has 4 rings (SSSR count). The van der Waals surface area contributed by atoms with Crippen molar-refractivity contribution in [1.82, 2.24) is 9.88 Å². The monoisotopic (exact) mass is 397 g/mol. The number of aromatic nitrogens is 1. The maximum Gasteiger partial charge on any atom is 0.335 e. The van der Waals surface area contributed by atoms with Crippen molar-refractivity contribution in [2.75, 3.05) is 4.90 Å². The van der Waals surface area contributed by atoms with Crippen LogP contribution in [0.5, 0.6) is 0 Å². The van der Waals surface area contributed by atoms with Gasteiger partial charge in [0.25, 0.3) is 11.8 Å². The maximum atomic E-state index is 13.1. The van der Waals surface area contributed by atoms with Crippen LogP contribution in [-0.2, 0) is 22.6 Å². The Balaban J connectivity index is 1.78. The van der Waals surface area contributed by atoms with Crippen LogP contribution < -0.4 is 10.2 Å². The van der Waals surface area contributed by atoms with Crippen molar-refractivity contribution in [3.8, 4) is 12.3 Å². The van der Waals surface area contributed by atoms with E-state index in [1.165, 1.54) is 6.08 Å². The summed E-state index contributed by atoms with van der Waals surface area (Å²) in [6.45, 7) is 2.38. The minimum Gasteiger partial charge on any atom is -0.335 e. The molecule has 1 fully saturated rings. The zero-order valence-electron chi connectivity index (χ0n) is 16.4. The molecule has 30 heavy (non-hydrogen) atoms. The molecule has 2 aromatic carbocycles. The third-order valence-electron chi connectivity index (χ3n) is 5.09. The highest BCUT2D eigenvalue weighted by Crippen LogP contribution is 2.26. The minimum absolute atomic E-state index is 0.113. The van der Waals surface area contributed by atoms with E-state index in [1.54, 1.807) is 18.3 Å². The molecule has 0 spiro atoms. The van der Waals surface area contributed by atoms with Crippen LogP contribution in [0.15, 0.2) is 60.3 Å². The van der Waals surface area contributed by atoms with Gasteiger partial charge in [0.1, 0.15) is 5.57 Å². The molecule has 1 saturated heterocycles. The molecular weight excluding hydrogens is 378 g/mol. The van der Waals surface area contributed by atoms with Crippen LogP contribution in [-0.4, -0.2) is 22.4 Å². The molecule has 0 unspecified atom stereocenters. The Morgan fingerprint density at radius 1 is 1.07 bits per heavy atom. The van der Waals surface area contributed by atoms with E-state index in [4.69, 9.17) is 6.42 Å². The van der Waals surface area contributed by atoms with E-state index in [0.717, 1.165) is 27.8 Å². The number of para-hydroxylation sites is 1. The molecule has 148 valence electrons. The Morgan fingerprint density at radius 3 is 2.50 bits per heavy atom. The van der Waals surface area contributed by atoms with Crippen LogP contribution in [0.4, 0.5) is 10.5 Å². The Labute approximate surface area is 173 Å². The van der Waals surface area contributed by atoms with Gasteiger partial charge in [-0.05, 0) is 36.3 Å². The Kier molecular flexibility index (Phi) is 4.95. The van der Waals surface area contributed by atoms with Gasteiger partial charge >= 0.3 is 6.03 Å². The predicted octanol–water partition coefficient (Wildman–Crippen LogP) is 3.50. The number of nitrogens with one attached hydrogen (secondary N) is 1. The van der Waals surface area contributed by atoms with E-state index in [0.29, 0.717) is 17.8 Å². The number of nitrogens with zero attached hydrogens (tertiary/aromatic N) is 2. The maximum absolute atomic E-state index is 13.1. The van der Waals surface area contributed by atoms with Gasteiger partial charge in [0.05, 0.1) is 12.2 Å². The first-order valence-corrected chi connectivity index (χ1v) is 9.55. The van der Waals surface area contributed by atoms with E-state index in [9.17, 15) is 14.4 Å². The zero-order chi connectivity index (χ0) is 21.3. The van der Waals surface area contributed by atoms with Gasteiger partial charge < -0.3 is 4.57 Å². The largest absolute Gasteiger partial charge is 0.335 e. The highest BCUT2D eigenvalue weighted by atomic mass is 16.2. The summed E-state index contributed by atoms with van der Waals surface area (Å²) in [5, 5.41) is 3.11. The number of amides is 4. The number of hydrogen-bond acceptors (Lipinski definition) is 3. The summed E-state index contributed by atoms with van der Waals surface area (Å²) in [5.41, 5.74) is 2.95. The lowest BCUT2D eigenvalue weighted by molar-refractivity contribution is -0.122. The van der Waals surface area contributed by atoms with Gasteiger partial charge in [-0.2, -0.15) is 0 Å². The van der Waals surface area contributed by atoms with Crippen LogP contribution in [0.1, 0.15) is 18.1 Å². The first kappa shape index (κ1) is 19.2. The summed E-state index contributed by atoms with van der Waals surface area (Å²) in [6, 6.07) is 13.9. The van der Waals surface area contributed by atoms with Gasteiger partial charge in [-0.3, -0.25) is 14.9 Å². The molecule has 1 aliphatic rings. The number of terminal acetylenes is 1. The molecule has 3 aromatic rings. The average molecular weight is 397 g/mol. The first-order valence-electron chi connectivity index (χ1n) is 9.55. The molecule has 0 atom stereocenters. The van der Waals surface area contributed by atoms with Crippen molar-refractivity contribution >= 4 is 40.5 Å². The molecule has 4 amide bonds. The van der Waals surface area contributed by atoms with E-state index in [2.05, 4.69) is 11.2 Å². The third kappa shape index (κ3) is 3.27. The number of benzene rings is 2. The summed E-state index contributed by atoms with van der Waals surface area (Å²) in [7, 11) is 0. The summed E-state index contributed by atoms with van der Waals surface area (Å²) >= 11 is 0. The van der Waals surface area contributed by atoms with Gasteiger partial charge in [-0.15, -0.1) is 6.42 Å². The number of hydrogen-bond donors (Lipinski definition) is 1. The number of aryl methyl sites for hydroxylation is 1. The number of carbonyl (C=O) groups excluding carboxylic acids is 3. The molecule has 0 bridgehead atoms. The minimum atomic E-state index is -0.763. The summed E-state index contributed by atoms with van der Waals surface area (Å²) in [4.78, 5) is 39.0. The van der Waals surface area contributed by atoms with Gasteiger partial charge in [0.15, 0.2) is 0 Å². The fourth-order valence-corrected chi connectivity index (χ4v) is 3.55. The number of rotatable bonds is 4. The van der Waals surface area contributed by atoms with Crippen LogP contribution in [0.2, 0.25) is 0 Å². The number of carbonyl (C=O) groups is 3. The van der Waals surface area contributed by atoms with Gasteiger partial charge in [0, 0.05) is 22.7 Å². The molecule has 0 radical (unpaired) electrons. The van der Waals surface area contributed by atoms with Gasteiger partial charge in [-0.25, -0.2) is 9.69 Å². The smallest absolute Gasteiger partial charge is 0.335 e. The molecule has 1 aromatic heterocycles. The predicted molar refractivity (Wildman–Crippen MR) is 116 cm³/mol. The Hall–Kier alpha value is -4.11. The quantitative estimate of drug-likeness (QED) is 0.416. The normalized spacial score (nSPS) is 15.5. The Bertz CT molecular complexity index is 1240. The second-order valence-electron chi connectivity index (χ2n) is 6.91. The molecule has 6 heteroatoms. The van der Waals surface area contributed by atoms with Crippen LogP contribution in [0.25, 0.3) is 17.0 Å². The van der Waals surface area contributed by atoms with Gasteiger partial charge in [0.2, 0.25) is 0 Å². The summed E-state index contributed by atoms with van der Waals surface area (Å²) < 4.78 is 1.87. The standard InChI is InChI=1S/C24H19N3O3/c1-3-13-26-15-17(19-7-5-6-8-21(19)26)14-20-22(28)25-24(30)27(23(20)29)18-11-9-16(4-2)10-12-18/h1,5-12,14-15H,4,13H2,2H3,(H,25,28,30). The van der Waals surface area contributed by atoms with Crippen molar-refractivity contribution in [3.05, 3.63) is 71.4 Å². The highest BCUT2D eigenvalue weighted by molar-refractivity contribution is 6.39. The topological polar surface area (TPSA) is 71.4 Å². The number of urea groups is 1. The fraction of sp³-hybridized carbons (Fsp3) is 0.125. The van der Waals surface area contributed by atoms with E-state index in [1.807, 2.05) is 47.9 Å². The SMILES string of the molecule is C#CCn1cc(C=C2C(=O)NC(=O)N(c3ccc(CC)cc3)C2=O)c2ccccc21. The summed E-state index contributed by atoms with van der Waals surface area (Å²) in [5.74, 6) is 1.21. The lowest BCUT2D eigenvalue weighted by Crippen LogP contribution is -2.54. The van der Waals surface area contributed by atoms with Crippen molar-refractivity contribution in [2.24, 2.45) is 0 Å². The molecule has 1 aliphatic heterocycles. The third-order valence-corrected chi connectivity index (χ3v) is 5.09. The van der Waals surface area contributed by atoms with Crippen LogP contribution in [0, 0.1) is 12.3 Å². The molecule has 0 aliphatic carbocycles. The van der Waals surface area contributed by atoms with Crippen molar-refractivity contribution in [2.45, 2.75) is 19.9 Å². The van der Waals surface area contributed by atoms with Gasteiger partial charge in [-0.1, -0.05) is 43.2 Å². The van der Waals surface area contributed by atoms with E-state index >= 15 is 0 Å². The fourth-order valence-electron chi connectivity index (χ4n) is 3.55. The molecule has 1 N–H and O–H groups in total. The van der Waals surface area contributed by atoms with E-state index < -0.39 is 17.8 Å². The van der Waals surface area contributed by atoms with Crippen molar-refractivity contribution in [3.63, 3.8) is 0 Å². The first-order chi connectivity index (χ1) is 14.5. The highest BCUT2D eigenvalue weighted by Gasteiger charge is 2.36. The lowest BCUT2D eigenvalue weighted by Gasteiger charge is -2.26. The lowest BCUT2D eigenvalue weighted by atomic mass is 10.1. The second kappa shape index (κ2) is 7.72. The van der Waals surface area contributed by atoms with Crippen molar-refractivity contribution < 1.29 is 14.4 Å². The van der Waals surface area contributed by atoms with Crippen LogP contribution in [0.3, 0.4) is 0 Å². The zero-order valence-corrected chi connectivity index (χ0v) is 16.4. The van der Waals surface area contributed by atoms with Crippen molar-refractivity contribution in [1.29, 1.82) is 0 Å². The molecule has 0 saturated carbocycles. The number of fused-ring (bicyclic) bond motifs is 1. The number of anilines is 1. The molecular formula is C24H19N3O3. The number of imide groups is 2. The summed E-state index contributed by atoms with van der Waals surface area (Å²) in [6.07, 6.45) is 9.61. The van der Waals surface area contributed by atoms with E-state index in [-0.39, 0.29) is 5.57 Å². The number of barbiturate groups is 1. The van der Waals surface area contributed by atoms with Crippen LogP contribution >= 0.6 is 0 Å². The Morgan fingerprint density at radius 2 is 1.80 bits per heavy atom. The molecule has 6 nitrogen and oxygen atoms in total. The average Bonchev–Trinajstić information content (AvgIpc) is 3.09.